The predicted molar refractivity (Wildman–Crippen MR) is 56.6 cm³/mol. The van der Waals surface area contributed by atoms with E-state index >= 15 is 0 Å². The zero-order valence-electron chi connectivity index (χ0n) is 7.73. The minimum absolute atomic E-state index is 0.0531. The van der Waals surface area contributed by atoms with Crippen LogP contribution < -0.4 is 4.72 Å². The van der Waals surface area contributed by atoms with Gasteiger partial charge in [-0.15, -0.1) is 0 Å². The van der Waals surface area contributed by atoms with E-state index in [1.807, 2.05) is 0 Å². The lowest BCUT2D eigenvalue weighted by molar-refractivity contribution is 0.473. The Labute approximate surface area is 95.0 Å². The Morgan fingerprint density at radius 2 is 2.19 bits per heavy atom. The van der Waals surface area contributed by atoms with Crippen molar-refractivity contribution >= 4 is 26.7 Å². The number of rotatable bonds is 3. The monoisotopic (exact) mass is 258 g/mol. The van der Waals surface area contributed by atoms with Gasteiger partial charge in [-0.1, -0.05) is 15.7 Å². The van der Waals surface area contributed by atoms with Crippen LogP contribution in [0.25, 0.3) is 0 Å². The van der Waals surface area contributed by atoms with Crippen LogP contribution in [0.3, 0.4) is 0 Å². The highest BCUT2D eigenvalue weighted by atomic mass is 32.2. The molecule has 0 aliphatic heterocycles. The van der Waals surface area contributed by atoms with Gasteiger partial charge < -0.3 is 5.11 Å². The maximum atomic E-state index is 11.7. The average Bonchev–Trinajstić information content (AvgIpc) is 2.70. The second-order valence-corrected chi connectivity index (χ2v) is 5.19. The van der Waals surface area contributed by atoms with Gasteiger partial charge in [-0.05, 0) is 17.3 Å². The maximum Gasteiger partial charge on any atom is 0.263 e. The molecule has 9 heteroatoms. The molecule has 0 spiro atoms. The van der Waals surface area contributed by atoms with E-state index in [9.17, 15) is 13.5 Å². The van der Waals surface area contributed by atoms with Crippen LogP contribution in [0.1, 0.15) is 0 Å². The van der Waals surface area contributed by atoms with Crippen LogP contribution >= 0.6 is 11.5 Å². The zero-order chi connectivity index (χ0) is 11.6. The lowest BCUT2D eigenvalue weighted by atomic mass is 10.3. The summed E-state index contributed by atoms with van der Waals surface area (Å²) in [6.07, 6.45) is 0. The summed E-state index contributed by atoms with van der Waals surface area (Å²) in [6.45, 7) is 0. The van der Waals surface area contributed by atoms with E-state index in [-0.39, 0.29) is 15.8 Å². The van der Waals surface area contributed by atoms with Crippen LogP contribution in [-0.2, 0) is 10.0 Å². The highest BCUT2D eigenvalue weighted by Gasteiger charge is 2.16. The molecule has 0 atom stereocenters. The Morgan fingerprint density at radius 1 is 1.38 bits per heavy atom. The summed E-state index contributed by atoms with van der Waals surface area (Å²) in [7, 11) is -3.75. The van der Waals surface area contributed by atoms with Gasteiger partial charge in [0, 0.05) is 17.6 Å². The van der Waals surface area contributed by atoms with Crippen LogP contribution in [0.2, 0.25) is 0 Å². The standard InChI is InChI=1S/C7H6N4O3S2/c12-5-2-1-3-6(4-5)16(13,14)9-7-8-10-11-15-7/h1-4,12H,(H,8,9,11). The van der Waals surface area contributed by atoms with E-state index in [4.69, 9.17) is 0 Å². The van der Waals surface area contributed by atoms with E-state index in [0.29, 0.717) is 0 Å². The summed E-state index contributed by atoms with van der Waals surface area (Å²) in [5.74, 6) is -0.127. The smallest absolute Gasteiger partial charge is 0.263 e. The Bertz CT molecular complexity index is 581. The molecular formula is C7H6N4O3S2. The minimum atomic E-state index is -3.75. The van der Waals surface area contributed by atoms with Crippen LogP contribution in [0.4, 0.5) is 5.13 Å². The van der Waals surface area contributed by atoms with Gasteiger partial charge in [-0.25, -0.2) is 8.42 Å². The normalized spacial score (nSPS) is 11.2. The zero-order valence-corrected chi connectivity index (χ0v) is 9.36. The molecule has 16 heavy (non-hydrogen) atoms. The van der Waals surface area contributed by atoms with Gasteiger partial charge in [0.05, 0.1) is 4.90 Å². The molecule has 1 aromatic heterocycles. The predicted octanol–water partition coefficient (Wildman–Crippen LogP) is 0.439. The number of anilines is 1. The number of hydrogen-bond acceptors (Lipinski definition) is 7. The number of hydrogen-bond donors (Lipinski definition) is 2. The third kappa shape index (κ3) is 2.25. The number of benzene rings is 1. The summed E-state index contributed by atoms with van der Waals surface area (Å²) in [4.78, 5) is -0.0531. The Kier molecular flexibility index (Phi) is 2.71. The van der Waals surface area contributed by atoms with Gasteiger partial charge in [-0.2, -0.15) is 0 Å². The molecule has 2 rings (SSSR count). The van der Waals surface area contributed by atoms with E-state index in [1.54, 1.807) is 0 Å². The quantitative estimate of drug-likeness (QED) is 0.827. The van der Waals surface area contributed by atoms with Crippen LogP contribution in [0, 0.1) is 0 Å². The topological polar surface area (TPSA) is 105 Å². The number of phenols is 1. The largest absolute Gasteiger partial charge is 0.508 e. The summed E-state index contributed by atoms with van der Waals surface area (Å²) < 4.78 is 29.1. The average molecular weight is 258 g/mol. The molecule has 0 bridgehead atoms. The number of aromatic nitrogens is 3. The highest BCUT2D eigenvalue weighted by molar-refractivity contribution is 7.93. The van der Waals surface area contributed by atoms with Gasteiger partial charge in [0.1, 0.15) is 5.75 Å². The fourth-order valence-corrected chi connectivity index (χ4v) is 2.62. The fourth-order valence-electron chi connectivity index (χ4n) is 0.998. The van der Waals surface area contributed by atoms with Crippen LogP contribution in [0.15, 0.2) is 29.2 Å². The number of sulfonamides is 1. The van der Waals surface area contributed by atoms with Crippen LogP contribution in [0.5, 0.6) is 5.75 Å². The summed E-state index contributed by atoms with van der Waals surface area (Å²) in [6, 6.07) is 5.31. The summed E-state index contributed by atoms with van der Waals surface area (Å²) >= 11 is 0.824. The maximum absolute atomic E-state index is 11.7. The molecule has 0 saturated heterocycles. The second-order valence-electron chi connectivity index (χ2n) is 2.77. The number of nitrogens with one attached hydrogen (secondary N) is 1. The molecule has 2 N–H and O–H groups in total. The van der Waals surface area contributed by atoms with Gasteiger partial charge in [-0.3, -0.25) is 4.72 Å². The Balaban J connectivity index is 2.33. The second kappa shape index (κ2) is 4.02. The van der Waals surface area contributed by atoms with E-state index in [2.05, 4.69) is 19.5 Å². The van der Waals surface area contributed by atoms with Crippen molar-refractivity contribution in [3.63, 3.8) is 0 Å². The van der Waals surface area contributed by atoms with Crippen molar-refractivity contribution in [3.8, 4) is 5.75 Å². The van der Waals surface area contributed by atoms with Gasteiger partial charge in [0.25, 0.3) is 10.0 Å². The van der Waals surface area contributed by atoms with E-state index in [1.165, 1.54) is 18.2 Å². The molecule has 7 nitrogen and oxygen atoms in total. The third-order valence-electron chi connectivity index (χ3n) is 1.65. The first kappa shape index (κ1) is 10.8. The molecule has 0 radical (unpaired) electrons. The Hall–Kier alpha value is -1.74. The van der Waals surface area contributed by atoms with Gasteiger partial charge in [0.15, 0.2) is 0 Å². The van der Waals surface area contributed by atoms with Crippen molar-refractivity contribution in [3.05, 3.63) is 24.3 Å². The SMILES string of the molecule is O=S(=O)(Nc1nnns1)c1cccc(O)c1. The molecule has 0 fully saturated rings. The first-order valence-electron chi connectivity index (χ1n) is 4.05. The summed E-state index contributed by atoms with van der Waals surface area (Å²) in [5, 5.41) is 16.0. The number of phenolic OH excluding ortho intramolecular Hbond substituents is 1. The van der Waals surface area contributed by atoms with Crippen molar-refractivity contribution in [2.75, 3.05) is 4.72 Å². The van der Waals surface area contributed by atoms with Crippen molar-refractivity contribution < 1.29 is 13.5 Å². The molecule has 0 unspecified atom stereocenters. The van der Waals surface area contributed by atoms with Crippen molar-refractivity contribution in [2.24, 2.45) is 0 Å². The lowest BCUT2D eigenvalue weighted by Gasteiger charge is -2.03. The molecule has 0 aliphatic rings. The van der Waals surface area contributed by atoms with Crippen LogP contribution in [-0.4, -0.2) is 28.3 Å². The number of aromatic hydroxyl groups is 1. The molecule has 0 amide bonds. The molecule has 0 saturated carbocycles. The first-order valence-corrected chi connectivity index (χ1v) is 6.30. The molecule has 1 heterocycles. The van der Waals surface area contributed by atoms with Crippen molar-refractivity contribution in [1.29, 1.82) is 0 Å². The van der Waals surface area contributed by atoms with Gasteiger partial charge >= 0.3 is 0 Å². The van der Waals surface area contributed by atoms with Crippen molar-refractivity contribution in [1.82, 2.24) is 14.8 Å². The molecule has 1 aromatic carbocycles. The van der Waals surface area contributed by atoms with Gasteiger partial charge in [0.2, 0.25) is 5.13 Å². The number of nitrogens with zero attached hydrogens (tertiary/aromatic N) is 3. The Morgan fingerprint density at radius 3 is 2.81 bits per heavy atom. The lowest BCUT2D eigenvalue weighted by Crippen LogP contribution is -2.12. The third-order valence-corrected chi connectivity index (χ3v) is 3.63. The first-order chi connectivity index (χ1) is 7.58. The minimum Gasteiger partial charge on any atom is -0.508 e. The molecular weight excluding hydrogens is 252 g/mol. The van der Waals surface area contributed by atoms with Crippen molar-refractivity contribution in [2.45, 2.75) is 4.90 Å². The molecule has 0 aliphatic carbocycles. The molecule has 84 valence electrons. The summed E-state index contributed by atoms with van der Waals surface area (Å²) in [5.41, 5.74) is 0. The van der Waals surface area contributed by atoms with E-state index < -0.39 is 10.0 Å². The molecule has 2 aromatic rings. The highest BCUT2D eigenvalue weighted by Crippen LogP contribution is 2.19. The fraction of sp³-hybridized carbons (Fsp3) is 0. The van der Waals surface area contributed by atoms with E-state index in [0.717, 1.165) is 17.6 Å².